The van der Waals surface area contributed by atoms with Gasteiger partial charge in [0.25, 0.3) is 5.91 Å². The second kappa shape index (κ2) is 6.95. The number of nitrogens with two attached hydrogens (primary N) is 1. The van der Waals surface area contributed by atoms with Crippen molar-refractivity contribution in [3.8, 4) is 0 Å². The molecule has 0 spiro atoms. The van der Waals surface area contributed by atoms with Crippen molar-refractivity contribution in [2.45, 2.75) is 24.8 Å². The number of carbonyl (C=O) groups excluding carboxylic acids is 1. The standard InChI is InChI=1S/C10H17N3O2S2/c1-6(8(4-14)16-2)12-10(15)7-5-17-9(3-11)13-7/h5-6,8,14H,3-4,11H2,1-2H3,(H,12,15). The van der Waals surface area contributed by atoms with E-state index in [9.17, 15) is 4.79 Å². The highest BCUT2D eigenvalue weighted by atomic mass is 32.2. The Bertz CT molecular complexity index is 366. The molecule has 4 N–H and O–H groups in total. The average molecular weight is 275 g/mol. The number of nitrogens with zero attached hydrogens (tertiary/aromatic N) is 1. The largest absolute Gasteiger partial charge is 0.395 e. The third-order valence-corrected chi connectivity index (χ3v) is 4.39. The molecule has 1 aromatic rings. The van der Waals surface area contributed by atoms with Gasteiger partial charge in [-0.1, -0.05) is 0 Å². The number of rotatable bonds is 6. The van der Waals surface area contributed by atoms with Gasteiger partial charge < -0.3 is 16.2 Å². The Kier molecular flexibility index (Phi) is 5.90. The number of carbonyl (C=O) groups is 1. The van der Waals surface area contributed by atoms with E-state index in [1.165, 1.54) is 23.1 Å². The van der Waals surface area contributed by atoms with E-state index in [-0.39, 0.29) is 23.8 Å². The maximum Gasteiger partial charge on any atom is 0.271 e. The smallest absolute Gasteiger partial charge is 0.271 e. The zero-order valence-electron chi connectivity index (χ0n) is 9.84. The molecule has 17 heavy (non-hydrogen) atoms. The minimum absolute atomic E-state index is 0.00781. The van der Waals surface area contributed by atoms with Crippen LogP contribution in [0.4, 0.5) is 0 Å². The maximum atomic E-state index is 11.8. The van der Waals surface area contributed by atoms with Gasteiger partial charge in [-0.2, -0.15) is 11.8 Å². The van der Waals surface area contributed by atoms with Crippen molar-refractivity contribution >= 4 is 29.0 Å². The zero-order valence-corrected chi connectivity index (χ0v) is 11.5. The molecule has 1 amide bonds. The highest BCUT2D eigenvalue weighted by Crippen LogP contribution is 2.12. The van der Waals surface area contributed by atoms with Gasteiger partial charge in [-0.25, -0.2) is 4.98 Å². The summed E-state index contributed by atoms with van der Waals surface area (Å²) in [5.41, 5.74) is 5.82. The van der Waals surface area contributed by atoms with Crippen molar-refractivity contribution in [1.29, 1.82) is 0 Å². The van der Waals surface area contributed by atoms with Crippen molar-refractivity contribution in [2.24, 2.45) is 5.73 Å². The summed E-state index contributed by atoms with van der Waals surface area (Å²) in [6.07, 6.45) is 1.90. The van der Waals surface area contributed by atoms with E-state index in [4.69, 9.17) is 10.8 Å². The molecule has 0 bridgehead atoms. The summed E-state index contributed by atoms with van der Waals surface area (Å²) in [7, 11) is 0. The fraction of sp³-hybridized carbons (Fsp3) is 0.600. The third-order valence-electron chi connectivity index (χ3n) is 2.36. The van der Waals surface area contributed by atoms with Crippen molar-refractivity contribution < 1.29 is 9.90 Å². The van der Waals surface area contributed by atoms with Crippen LogP contribution in [-0.4, -0.2) is 40.2 Å². The van der Waals surface area contributed by atoms with E-state index in [1.54, 1.807) is 5.38 Å². The average Bonchev–Trinajstić information content (AvgIpc) is 2.79. The molecule has 5 nitrogen and oxygen atoms in total. The van der Waals surface area contributed by atoms with Crippen LogP contribution in [0.25, 0.3) is 0 Å². The molecule has 7 heteroatoms. The molecule has 96 valence electrons. The molecule has 1 aromatic heterocycles. The van der Waals surface area contributed by atoms with Gasteiger partial charge in [-0.05, 0) is 13.2 Å². The molecule has 0 aliphatic carbocycles. The van der Waals surface area contributed by atoms with E-state index in [0.717, 1.165) is 5.01 Å². The predicted molar refractivity (Wildman–Crippen MR) is 71.3 cm³/mol. The van der Waals surface area contributed by atoms with Crippen LogP contribution in [0.5, 0.6) is 0 Å². The van der Waals surface area contributed by atoms with Crippen molar-refractivity contribution in [1.82, 2.24) is 10.3 Å². The summed E-state index contributed by atoms with van der Waals surface area (Å²) in [5, 5.41) is 14.4. The van der Waals surface area contributed by atoms with Gasteiger partial charge in [0.1, 0.15) is 10.7 Å². The van der Waals surface area contributed by atoms with Crippen LogP contribution in [0.1, 0.15) is 22.4 Å². The summed E-state index contributed by atoms with van der Waals surface area (Å²) >= 11 is 2.90. The van der Waals surface area contributed by atoms with E-state index < -0.39 is 0 Å². The molecule has 0 saturated carbocycles. The first-order valence-corrected chi connectivity index (χ1v) is 7.38. The van der Waals surface area contributed by atoms with Crippen LogP contribution in [0.2, 0.25) is 0 Å². The van der Waals surface area contributed by atoms with Crippen LogP contribution in [0, 0.1) is 0 Å². The highest BCUT2D eigenvalue weighted by molar-refractivity contribution is 7.99. The number of amides is 1. The van der Waals surface area contributed by atoms with Gasteiger partial charge in [0.15, 0.2) is 0 Å². The first kappa shape index (κ1) is 14.4. The SMILES string of the molecule is CSC(CO)C(C)NC(=O)c1csc(CN)n1. The Morgan fingerprint density at radius 1 is 1.76 bits per heavy atom. The fourth-order valence-corrected chi connectivity index (χ4v) is 2.60. The minimum Gasteiger partial charge on any atom is -0.395 e. The monoisotopic (exact) mass is 275 g/mol. The molecule has 0 fully saturated rings. The topological polar surface area (TPSA) is 88.2 Å². The molecular weight excluding hydrogens is 258 g/mol. The van der Waals surface area contributed by atoms with Gasteiger partial charge in [0, 0.05) is 23.2 Å². The van der Waals surface area contributed by atoms with Gasteiger partial charge in [0.2, 0.25) is 0 Å². The predicted octanol–water partition coefficient (Wildman–Crippen LogP) is 0.444. The van der Waals surface area contributed by atoms with E-state index in [0.29, 0.717) is 12.2 Å². The molecule has 0 aliphatic heterocycles. The van der Waals surface area contributed by atoms with Gasteiger partial charge in [-0.3, -0.25) is 4.79 Å². The number of hydrogen-bond donors (Lipinski definition) is 3. The zero-order chi connectivity index (χ0) is 12.8. The van der Waals surface area contributed by atoms with Crippen LogP contribution in [0.15, 0.2) is 5.38 Å². The molecule has 0 aromatic carbocycles. The fourth-order valence-electron chi connectivity index (χ4n) is 1.32. The number of hydrogen-bond acceptors (Lipinski definition) is 6. The molecule has 0 radical (unpaired) electrons. The van der Waals surface area contributed by atoms with Crippen molar-refractivity contribution in [3.63, 3.8) is 0 Å². The Balaban J connectivity index is 2.59. The van der Waals surface area contributed by atoms with Crippen LogP contribution in [0.3, 0.4) is 0 Å². The molecular formula is C10H17N3O2S2. The van der Waals surface area contributed by atoms with E-state index >= 15 is 0 Å². The number of nitrogens with one attached hydrogen (secondary N) is 1. The van der Waals surface area contributed by atoms with Crippen molar-refractivity contribution in [3.05, 3.63) is 16.1 Å². The van der Waals surface area contributed by atoms with E-state index in [2.05, 4.69) is 10.3 Å². The normalized spacial score (nSPS) is 14.4. The molecule has 1 rings (SSSR count). The van der Waals surface area contributed by atoms with Gasteiger partial charge >= 0.3 is 0 Å². The lowest BCUT2D eigenvalue weighted by Crippen LogP contribution is -2.41. The highest BCUT2D eigenvalue weighted by Gasteiger charge is 2.19. The summed E-state index contributed by atoms with van der Waals surface area (Å²) in [6.45, 7) is 2.25. The second-order valence-corrected chi connectivity index (χ2v) is 5.57. The van der Waals surface area contributed by atoms with Crippen molar-refractivity contribution in [2.75, 3.05) is 12.9 Å². The lowest BCUT2D eigenvalue weighted by molar-refractivity contribution is 0.0931. The summed E-state index contributed by atoms with van der Waals surface area (Å²) < 4.78 is 0. The van der Waals surface area contributed by atoms with Crippen LogP contribution in [-0.2, 0) is 6.54 Å². The quantitative estimate of drug-likeness (QED) is 0.701. The molecule has 2 unspecified atom stereocenters. The van der Waals surface area contributed by atoms with Gasteiger partial charge in [-0.15, -0.1) is 11.3 Å². The number of thiazole rings is 1. The summed E-state index contributed by atoms with van der Waals surface area (Å²) in [4.78, 5) is 15.9. The first-order valence-electron chi connectivity index (χ1n) is 5.21. The Labute approximate surface area is 109 Å². The van der Waals surface area contributed by atoms with Crippen LogP contribution >= 0.6 is 23.1 Å². The van der Waals surface area contributed by atoms with Gasteiger partial charge in [0.05, 0.1) is 6.61 Å². The third kappa shape index (κ3) is 3.95. The lowest BCUT2D eigenvalue weighted by Gasteiger charge is -2.20. The maximum absolute atomic E-state index is 11.8. The first-order chi connectivity index (χ1) is 8.12. The van der Waals surface area contributed by atoms with Crippen LogP contribution < -0.4 is 11.1 Å². The minimum atomic E-state index is -0.221. The molecule has 0 aliphatic rings. The number of aliphatic hydroxyl groups excluding tert-OH is 1. The molecule has 0 saturated heterocycles. The second-order valence-electron chi connectivity index (χ2n) is 3.55. The summed E-state index contributed by atoms with van der Waals surface area (Å²) in [5.74, 6) is -0.221. The van der Waals surface area contributed by atoms with E-state index in [1.807, 2.05) is 13.2 Å². The molecule has 2 atom stereocenters. The number of aliphatic hydroxyl groups is 1. The number of thioether (sulfide) groups is 1. The lowest BCUT2D eigenvalue weighted by atomic mass is 10.2. The Morgan fingerprint density at radius 2 is 2.47 bits per heavy atom. The Hall–Kier alpha value is -0.630. The molecule has 1 heterocycles. The Morgan fingerprint density at radius 3 is 2.94 bits per heavy atom. The number of aromatic nitrogens is 1. The summed E-state index contributed by atoms with van der Waals surface area (Å²) in [6, 6.07) is -0.106.